The van der Waals surface area contributed by atoms with Gasteiger partial charge in [0.25, 0.3) is 0 Å². The van der Waals surface area contributed by atoms with E-state index in [1.807, 2.05) is 0 Å². The quantitative estimate of drug-likeness (QED) is 0.673. The van der Waals surface area contributed by atoms with Crippen molar-refractivity contribution in [3.63, 3.8) is 0 Å². The molecule has 134 valence electrons. The largest absolute Gasteiger partial charge is 0.479 e. The molecule has 1 amide bonds. The summed E-state index contributed by atoms with van der Waals surface area (Å²) in [5.41, 5.74) is -1.39. The number of hydrogen-bond acceptors (Lipinski definition) is 5. The van der Waals surface area contributed by atoms with Crippen LogP contribution in [0.25, 0.3) is 11.3 Å². The van der Waals surface area contributed by atoms with Crippen molar-refractivity contribution in [2.45, 2.75) is 25.4 Å². The first kappa shape index (κ1) is 19.2. The Morgan fingerprint density at radius 1 is 1.36 bits per heavy atom. The maximum atomic E-state index is 11.7. The van der Waals surface area contributed by atoms with Crippen molar-refractivity contribution < 1.29 is 24.2 Å². The molecular formula is C16H16Cl2N2O5. The van der Waals surface area contributed by atoms with Crippen molar-refractivity contribution in [1.82, 2.24) is 10.3 Å². The Balaban J connectivity index is 1.91. The molecule has 3 N–H and O–H groups in total. The number of hydrogen-bond donors (Lipinski definition) is 3. The third-order valence-corrected chi connectivity index (χ3v) is 3.95. The molecule has 1 atom stereocenters. The number of aliphatic hydroxyl groups is 1. The molecule has 0 aliphatic rings. The zero-order valence-corrected chi connectivity index (χ0v) is 14.8. The average molecular weight is 387 g/mol. The second kappa shape index (κ2) is 7.86. The molecule has 7 nitrogen and oxygen atoms in total. The molecular weight excluding hydrogens is 371 g/mol. The van der Waals surface area contributed by atoms with Gasteiger partial charge < -0.3 is 19.9 Å². The van der Waals surface area contributed by atoms with E-state index in [1.54, 1.807) is 18.2 Å². The zero-order valence-electron chi connectivity index (χ0n) is 13.3. The van der Waals surface area contributed by atoms with E-state index in [0.717, 1.165) is 6.92 Å². The minimum Gasteiger partial charge on any atom is -0.479 e. The Kier molecular flexibility index (Phi) is 6.05. The molecule has 0 bridgehead atoms. The fourth-order valence-electron chi connectivity index (χ4n) is 1.89. The number of nitrogens with one attached hydrogen (secondary N) is 1. The fourth-order valence-corrected chi connectivity index (χ4v) is 2.40. The van der Waals surface area contributed by atoms with E-state index in [4.69, 9.17) is 32.7 Å². The topological polar surface area (TPSA) is 113 Å². The van der Waals surface area contributed by atoms with Crippen LogP contribution in [0.5, 0.6) is 0 Å². The van der Waals surface area contributed by atoms with Crippen molar-refractivity contribution in [2.24, 2.45) is 0 Å². The van der Waals surface area contributed by atoms with Gasteiger partial charge in [0.15, 0.2) is 17.3 Å². The number of benzene rings is 1. The van der Waals surface area contributed by atoms with Crippen LogP contribution in [0.3, 0.4) is 0 Å². The Morgan fingerprint density at radius 3 is 2.72 bits per heavy atom. The highest BCUT2D eigenvalue weighted by Crippen LogP contribution is 2.30. The number of amides is 1. The molecule has 1 unspecified atom stereocenters. The van der Waals surface area contributed by atoms with Crippen LogP contribution in [0.4, 0.5) is 0 Å². The van der Waals surface area contributed by atoms with Crippen LogP contribution in [0.1, 0.15) is 19.2 Å². The minimum absolute atomic E-state index is 0.0317. The van der Waals surface area contributed by atoms with E-state index in [-0.39, 0.29) is 12.8 Å². The first-order valence-electron chi connectivity index (χ1n) is 7.31. The summed E-state index contributed by atoms with van der Waals surface area (Å²) in [7, 11) is 0. The van der Waals surface area contributed by atoms with E-state index < -0.39 is 24.0 Å². The summed E-state index contributed by atoms with van der Waals surface area (Å²) >= 11 is 11.9. The van der Waals surface area contributed by atoms with Crippen LogP contribution in [0, 0.1) is 0 Å². The van der Waals surface area contributed by atoms with E-state index in [0.29, 0.717) is 27.3 Å². The number of oxazole rings is 1. The Labute approximate surface area is 153 Å². The first-order chi connectivity index (χ1) is 11.7. The highest BCUT2D eigenvalue weighted by molar-refractivity contribution is 6.36. The third kappa shape index (κ3) is 5.19. The van der Waals surface area contributed by atoms with Crippen LogP contribution in [0.2, 0.25) is 10.0 Å². The molecule has 1 aromatic heterocycles. The highest BCUT2D eigenvalue weighted by Gasteiger charge is 2.30. The number of carboxylic acid groups (broad SMARTS) is 1. The summed E-state index contributed by atoms with van der Waals surface area (Å²) in [6.07, 6.45) is 1.74. The van der Waals surface area contributed by atoms with Gasteiger partial charge in [-0.3, -0.25) is 4.79 Å². The monoisotopic (exact) mass is 386 g/mol. The maximum Gasteiger partial charge on any atom is 0.337 e. The van der Waals surface area contributed by atoms with E-state index >= 15 is 0 Å². The van der Waals surface area contributed by atoms with Crippen molar-refractivity contribution in [2.75, 3.05) is 6.54 Å². The lowest BCUT2D eigenvalue weighted by atomic mass is 10.1. The molecule has 0 fully saturated rings. The van der Waals surface area contributed by atoms with Crippen LogP contribution < -0.4 is 5.32 Å². The molecule has 2 aromatic rings. The van der Waals surface area contributed by atoms with Crippen molar-refractivity contribution in [1.29, 1.82) is 0 Å². The molecule has 0 aliphatic heterocycles. The average Bonchev–Trinajstić information content (AvgIpc) is 2.99. The van der Waals surface area contributed by atoms with Gasteiger partial charge in [-0.05, 0) is 25.1 Å². The van der Waals surface area contributed by atoms with Gasteiger partial charge >= 0.3 is 5.97 Å². The number of carbonyl (C=O) groups excluding carboxylic acids is 1. The van der Waals surface area contributed by atoms with Crippen LogP contribution in [-0.4, -0.2) is 39.2 Å². The summed E-state index contributed by atoms with van der Waals surface area (Å²) in [5.74, 6) is -1.05. The second-order valence-electron chi connectivity index (χ2n) is 5.60. The van der Waals surface area contributed by atoms with E-state index in [2.05, 4.69) is 10.3 Å². The van der Waals surface area contributed by atoms with Crippen molar-refractivity contribution in [3.05, 3.63) is 40.3 Å². The standard InChI is InChI=1S/C16H16Cl2N2O5/c1-16(24,15(22)23)8-20-13(21)4-5-14-19-7-12(25-14)10-3-2-9(17)6-11(10)18/h2-3,6-7,24H,4-5,8H2,1H3,(H,20,21)(H,22,23). The Bertz CT molecular complexity index is 789. The number of halogens is 2. The summed E-state index contributed by atoms with van der Waals surface area (Å²) in [6.45, 7) is 0.713. The number of aliphatic carboxylic acids is 1. The predicted molar refractivity (Wildman–Crippen MR) is 91.5 cm³/mol. The smallest absolute Gasteiger partial charge is 0.337 e. The normalized spacial score (nSPS) is 13.3. The van der Waals surface area contributed by atoms with Gasteiger partial charge in [-0.2, -0.15) is 0 Å². The van der Waals surface area contributed by atoms with E-state index in [1.165, 1.54) is 6.20 Å². The lowest BCUT2D eigenvalue weighted by molar-refractivity contribution is -0.156. The Hall–Kier alpha value is -2.09. The molecule has 0 spiro atoms. The summed E-state index contributed by atoms with van der Waals surface area (Å²) in [5, 5.41) is 21.6. The predicted octanol–water partition coefficient (Wildman–Crippen LogP) is 2.53. The number of nitrogens with zero attached hydrogens (tertiary/aromatic N) is 1. The van der Waals surface area contributed by atoms with Gasteiger partial charge in [-0.25, -0.2) is 9.78 Å². The maximum absolute atomic E-state index is 11.7. The van der Waals surface area contributed by atoms with Crippen LogP contribution in [0.15, 0.2) is 28.8 Å². The molecule has 1 aromatic carbocycles. The van der Waals surface area contributed by atoms with Crippen LogP contribution in [-0.2, 0) is 16.0 Å². The van der Waals surface area contributed by atoms with Crippen LogP contribution >= 0.6 is 23.2 Å². The molecule has 0 aliphatic carbocycles. The zero-order chi connectivity index (χ0) is 18.6. The van der Waals surface area contributed by atoms with Crippen molar-refractivity contribution in [3.8, 4) is 11.3 Å². The lowest BCUT2D eigenvalue weighted by Gasteiger charge is -2.18. The second-order valence-corrected chi connectivity index (χ2v) is 6.44. The lowest BCUT2D eigenvalue weighted by Crippen LogP contribution is -2.46. The molecule has 0 radical (unpaired) electrons. The van der Waals surface area contributed by atoms with E-state index in [9.17, 15) is 14.7 Å². The first-order valence-corrected chi connectivity index (χ1v) is 8.07. The van der Waals surface area contributed by atoms with Gasteiger partial charge in [0.2, 0.25) is 5.91 Å². The molecule has 0 saturated heterocycles. The van der Waals surface area contributed by atoms with Gasteiger partial charge in [-0.15, -0.1) is 0 Å². The van der Waals surface area contributed by atoms with Gasteiger partial charge in [0.1, 0.15) is 0 Å². The number of aromatic nitrogens is 1. The molecule has 1 heterocycles. The number of carbonyl (C=O) groups is 2. The molecule has 25 heavy (non-hydrogen) atoms. The highest BCUT2D eigenvalue weighted by atomic mass is 35.5. The van der Waals surface area contributed by atoms with Gasteiger partial charge in [-0.1, -0.05) is 23.2 Å². The molecule has 9 heteroatoms. The summed E-state index contributed by atoms with van der Waals surface area (Å²) in [4.78, 5) is 26.6. The Morgan fingerprint density at radius 2 is 2.08 bits per heavy atom. The number of carboxylic acids is 1. The van der Waals surface area contributed by atoms with Gasteiger partial charge in [0.05, 0.1) is 17.8 Å². The van der Waals surface area contributed by atoms with Crippen molar-refractivity contribution >= 4 is 35.1 Å². The van der Waals surface area contributed by atoms with Gasteiger partial charge in [0, 0.05) is 23.4 Å². The fraction of sp³-hybridized carbons (Fsp3) is 0.312. The third-order valence-electron chi connectivity index (χ3n) is 3.41. The minimum atomic E-state index is -2.02. The number of aryl methyl sites for hydroxylation is 1. The SMILES string of the molecule is CC(O)(CNC(=O)CCc1ncc(-c2ccc(Cl)cc2Cl)o1)C(=O)O. The number of rotatable bonds is 7. The summed E-state index contributed by atoms with van der Waals surface area (Å²) in [6, 6.07) is 4.96. The molecule has 0 saturated carbocycles. The summed E-state index contributed by atoms with van der Waals surface area (Å²) < 4.78 is 5.56. The molecule has 2 rings (SSSR count).